The summed E-state index contributed by atoms with van der Waals surface area (Å²) < 4.78 is 17.0. The molecule has 3 fully saturated rings. The van der Waals surface area contributed by atoms with E-state index in [9.17, 15) is 9.59 Å². The van der Waals surface area contributed by atoms with Gasteiger partial charge in [-0.25, -0.2) is 4.79 Å². The Bertz CT molecular complexity index is 781. The molecule has 0 bridgehead atoms. The second-order valence-corrected chi connectivity index (χ2v) is 9.49. The maximum atomic E-state index is 13.3. The van der Waals surface area contributed by atoms with Crippen molar-refractivity contribution in [3.63, 3.8) is 0 Å². The highest BCUT2D eigenvalue weighted by Crippen LogP contribution is 2.23. The molecule has 0 aromatic carbocycles. The van der Waals surface area contributed by atoms with E-state index in [1.807, 2.05) is 24.0 Å². The normalized spacial score (nSPS) is 23.7. The van der Waals surface area contributed by atoms with E-state index < -0.39 is 0 Å². The molecule has 0 aliphatic carbocycles. The van der Waals surface area contributed by atoms with Crippen molar-refractivity contribution in [3.8, 4) is 0 Å². The minimum absolute atomic E-state index is 0.0671. The molecule has 188 valence electrons. The van der Waals surface area contributed by atoms with Gasteiger partial charge in [0.1, 0.15) is 0 Å². The Balaban J connectivity index is 1.40. The molecule has 4 rings (SSSR count). The highest BCUT2D eigenvalue weighted by atomic mass is 16.6. The average molecular weight is 475 g/mol. The first-order valence-electron chi connectivity index (χ1n) is 12.6. The van der Waals surface area contributed by atoms with Gasteiger partial charge in [-0.2, -0.15) is 0 Å². The SMILES string of the molecule is CCOC(=O)N1CCC(N2CC(=O)N(CC3CCOCC3)CC(OCc3ccncc3)C2)CC1. The van der Waals surface area contributed by atoms with Crippen LogP contribution in [-0.4, -0.2) is 103 Å². The highest BCUT2D eigenvalue weighted by molar-refractivity contribution is 5.78. The van der Waals surface area contributed by atoms with Crippen molar-refractivity contribution in [1.82, 2.24) is 19.7 Å². The average Bonchev–Trinajstić information content (AvgIpc) is 3.03. The van der Waals surface area contributed by atoms with E-state index in [1.165, 1.54) is 0 Å². The fourth-order valence-electron chi connectivity index (χ4n) is 5.13. The van der Waals surface area contributed by atoms with Crippen LogP contribution in [0.3, 0.4) is 0 Å². The molecule has 0 N–H and O–H groups in total. The maximum Gasteiger partial charge on any atom is 0.409 e. The van der Waals surface area contributed by atoms with Gasteiger partial charge >= 0.3 is 6.09 Å². The van der Waals surface area contributed by atoms with E-state index in [0.717, 1.165) is 51.0 Å². The number of rotatable bonds is 7. The van der Waals surface area contributed by atoms with Gasteiger partial charge in [0, 0.05) is 64.4 Å². The molecule has 4 heterocycles. The summed E-state index contributed by atoms with van der Waals surface area (Å²) in [5.74, 6) is 0.659. The van der Waals surface area contributed by atoms with Crippen molar-refractivity contribution in [2.24, 2.45) is 5.92 Å². The summed E-state index contributed by atoms with van der Waals surface area (Å²) in [6.45, 7) is 8.08. The summed E-state index contributed by atoms with van der Waals surface area (Å²) >= 11 is 0. The van der Waals surface area contributed by atoms with Crippen molar-refractivity contribution in [3.05, 3.63) is 30.1 Å². The lowest BCUT2D eigenvalue weighted by Crippen LogP contribution is -2.49. The van der Waals surface area contributed by atoms with Crippen molar-refractivity contribution >= 4 is 12.0 Å². The fourth-order valence-corrected chi connectivity index (χ4v) is 5.13. The molecule has 1 atom stereocenters. The summed E-state index contributed by atoms with van der Waals surface area (Å²) in [5, 5.41) is 0. The number of aromatic nitrogens is 1. The second-order valence-electron chi connectivity index (χ2n) is 9.49. The number of amides is 2. The van der Waals surface area contributed by atoms with E-state index in [2.05, 4.69) is 9.88 Å². The predicted octanol–water partition coefficient (Wildman–Crippen LogP) is 2.16. The summed E-state index contributed by atoms with van der Waals surface area (Å²) in [5.41, 5.74) is 1.08. The lowest BCUT2D eigenvalue weighted by Gasteiger charge is -2.38. The van der Waals surface area contributed by atoms with Crippen LogP contribution in [-0.2, 0) is 25.6 Å². The largest absolute Gasteiger partial charge is 0.450 e. The number of piperidine rings is 1. The second kappa shape index (κ2) is 12.5. The van der Waals surface area contributed by atoms with E-state index in [1.54, 1.807) is 17.3 Å². The van der Waals surface area contributed by atoms with Gasteiger partial charge in [-0.3, -0.25) is 14.7 Å². The number of likely N-dealkylation sites (tertiary alicyclic amines) is 1. The summed E-state index contributed by atoms with van der Waals surface area (Å²) in [6.07, 6.45) is 6.92. The minimum atomic E-state index is -0.242. The maximum absolute atomic E-state index is 13.3. The van der Waals surface area contributed by atoms with Gasteiger partial charge in [-0.15, -0.1) is 0 Å². The van der Waals surface area contributed by atoms with Crippen LogP contribution < -0.4 is 0 Å². The zero-order valence-corrected chi connectivity index (χ0v) is 20.3. The molecular weight excluding hydrogens is 436 g/mol. The molecule has 2 amide bonds. The molecule has 1 aromatic rings. The summed E-state index contributed by atoms with van der Waals surface area (Å²) in [4.78, 5) is 35.6. The van der Waals surface area contributed by atoms with E-state index in [4.69, 9.17) is 14.2 Å². The van der Waals surface area contributed by atoms with Crippen LogP contribution in [0.4, 0.5) is 4.79 Å². The number of pyridine rings is 1. The third-order valence-electron chi connectivity index (χ3n) is 7.11. The topological polar surface area (TPSA) is 84.4 Å². The molecule has 9 heteroatoms. The van der Waals surface area contributed by atoms with Crippen LogP contribution in [0.1, 0.15) is 38.2 Å². The zero-order chi connectivity index (χ0) is 23.8. The molecule has 3 aliphatic heterocycles. The standard InChI is InChI=1S/C25H38N4O5/c1-2-33-25(31)27-11-5-22(6-12-27)28-16-23(34-19-21-3-9-26-10-4-21)17-29(24(30)18-28)15-20-7-13-32-14-8-20/h3-4,9-10,20,22-23H,2,5-8,11-19H2,1H3. The third-order valence-corrected chi connectivity index (χ3v) is 7.11. The molecule has 1 aromatic heterocycles. The number of carbonyl (C=O) groups excluding carboxylic acids is 2. The van der Waals surface area contributed by atoms with Gasteiger partial charge < -0.3 is 24.0 Å². The van der Waals surface area contributed by atoms with Gasteiger partial charge in [-0.05, 0) is 56.2 Å². The van der Waals surface area contributed by atoms with Crippen LogP contribution in [0, 0.1) is 5.92 Å². The Hall–Kier alpha value is -2.23. The molecule has 3 saturated heterocycles. The first-order chi connectivity index (χ1) is 16.6. The molecular formula is C25H38N4O5. The Morgan fingerprint density at radius 2 is 1.85 bits per heavy atom. The first-order valence-corrected chi connectivity index (χ1v) is 12.6. The smallest absolute Gasteiger partial charge is 0.409 e. The molecule has 0 spiro atoms. The van der Waals surface area contributed by atoms with Crippen molar-refractivity contribution in [2.45, 2.75) is 51.4 Å². The summed E-state index contributed by atoms with van der Waals surface area (Å²) in [6, 6.07) is 4.18. The Morgan fingerprint density at radius 3 is 2.56 bits per heavy atom. The highest BCUT2D eigenvalue weighted by Gasteiger charge is 2.35. The zero-order valence-electron chi connectivity index (χ0n) is 20.3. The van der Waals surface area contributed by atoms with Crippen LogP contribution in [0.2, 0.25) is 0 Å². The number of hydrogen-bond acceptors (Lipinski definition) is 7. The molecule has 3 aliphatic rings. The van der Waals surface area contributed by atoms with Crippen molar-refractivity contribution in [1.29, 1.82) is 0 Å². The Labute approximate surface area is 202 Å². The number of nitrogens with zero attached hydrogens (tertiary/aromatic N) is 4. The molecule has 1 unspecified atom stereocenters. The van der Waals surface area contributed by atoms with Crippen molar-refractivity contribution < 1.29 is 23.8 Å². The van der Waals surface area contributed by atoms with Crippen LogP contribution in [0.15, 0.2) is 24.5 Å². The molecule has 0 saturated carbocycles. The Kier molecular flexibility index (Phi) is 9.12. The molecule has 9 nitrogen and oxygen atoms in total. The summed E-state index contributed by atoms with van der Waals surface area (Å²) in [7, 11) is 0. The van der Waals surface area contributed by atoms with E-state index >= 15 is 0 Å². The van der Waals surface area contributed by atoms with Crippen LogP contribution in [0.25, 0.3) is 0 Å². The van der Waals surface area contributed by atoms with Crippen molar-refractivity contribution in [2.75, 3.05) is 59.1 Å². The quantitative estimate of drug-likeness (QED) is 0.599. The number of ether oxygens (including phenoxy) is 3. The van der Waals surface area contributed by atoms with E-state index in [-0.39, 0.29) is 24.1 Å². The first kappa shape index (κ1) is 24.9. The predicted molar refractivity (Wildman–Crippen MR) is 126 cm³/mol. The van der Waals surface area contributed by atoms with Crippen LogP contribution in [0.5, 0.6) is 0 Å². The van der Waals surface area contributed by atoms with Gasteiger partial charge in [0.2, 0.25) is 5.91 Å². The lowest BCUT2D eigenvalue weighted by atomic mass is 9.99. The van der Waals surface area contributed by atoms with Crippen LogP contribution >= 0.6 is 0 Å². The van der Waals surface area contributed by atoms with Gasteiger partial charge in [-0.1, -0.05) is 0 Å². The van der Waals surface area contributed by atoms with Gasteiger partial charge in [0.05, 0.1) is 25.9 Å². The number of hydrogen-bond donors (Lipinski definition) is 0. The Morgan fingerprint density at radius 1 is 1.12 bits per heavy atom. The third kappa shape index (κ3) is 6.90. The van der Waals surface area contributed by atoms with E-state index in [0.29, 0.717) is 51.9 Å². The lowest BCUT2D eigenvalue weighted by molar-refractivity contribution is -0.133. The monoisotopic (exact) mass is 474 g/mol. The fraction of sp³-hybridized carbons (Fsp3) is 0.720. The molecule has 34 heavy (non-hydrogen) atoms. The minimum Gasteiger partial charge on any atom is -0.450 e. The van der Waals surface area contributed by atoms with Gasteiger partial charge in [0.25, 0.3) is 0 Å². The van der Waals surface area contributed by atoms with Gasteiger partial charge in [0.15, 0.2) is 0 Å². The number of carbonyl (C=O) groups is 2. The molecule has 0 radical (unpaired) electrons.